The molecule has 1 aliphatic rings. The van der Waals surface area contributed by atoms with Gasteiger partial charge in [0.25, 0.3) is 15.9 Å². The number of carbonyl (C=O) groups excluding carboxylic acids is 1. The largest absolute Gasteiger partial charge is 0.321 e. The lowest BCUT2D eigenvalue weighted by Crippen LogP contribution is -2.15. The molecule has 3 aromatic carbocycles. The molecular formula is C21H16N4O3S. The van der Waals surface area contributed by atoms with E-state index in [-0.39, 0.29) is 10.8 Å². The van der Waals surface area contributed by atoms with Crippen molar-refractivity contribution < 1.29 is 13.2 Å². The van der Waals surface area contributed by atoms with Crippen LogP contribution in [-0.4, -0.2) is 24.1 Å². The van der Waals surface area contributed by atoms with Crippen LogP contribution in [0.5, 0.6) is 0 Å². The first-order valence-electron chi connectivity index (χ1n) is 8.98. The van der Waals surface area contributed by atoms with Gasteiger partial charge in [-0.2, -0.15) is 5.10 Å². The number of benzene rings is 3. The second-order valence-corrected chi connectivity index (χ2v) is 8.41. The molecule has 5 rings (SSSR count). The normalized spacial score (nSPS) is 12.9. The van der Waals surface area contributed by atoms with E-state index >= 15 is 0 Å². The summed E-state index contributed by atoms with van der Waals surface area (Å²) in [5, 5.41) is 8.09. The van der Waals surface area contributed by atoms with Crippen LogP contribution in [0.3, 0.4) is 0 Å². The van der Waals surface area contributed by atoms with Gasteiger partial charge in [-0.3, -0.25) is 14.2 Å². The molecule has 0 bridgehead atoms. The monoisotopic (exact) mass is 404 g/mol. The number of amides is 1. The molecule has 0 unspecified atom stereocenters. The van der Waals surface area contributed by atoms with Gasteiger partial charge in [-0.1, -0.05) is 30.3 Å². The van der Waals surface area contributed by atoms with Gasteiger partial charge in [0.05, 0.1) is 17.1 Å². The molecule has 8 heteroatoms. The first-order chi connectivity index (χ1) is 14.0. The van der Waals surface area contributed by atoms with Crippen LogP contribution in [0.1, 0.15) is 15.9 Å². The van der Waals surface area contributed by atoms with Crippen molar-refractivity contribution in [2.45, 2.75) is 11.4 Å². The summed E-state index contributed by atoms with van der Waals surface area (Å²) in [5.41, 5.74) is 2.38. The molecule has 7 nitrogen and oxygen atoms in total. The summed E-state index contributed by atoms with van der Waals surface area (Å²) in [7, 11) is -3.88. The van der Waals surface area contributed by atoms with Crippen LogP contribution in [0.15, 0.2) is 78.0 Å². The molecule has 4 aromatic rings. The smallest absolute Gasteiger partial charge is 0.262 e. The number of nitrogens with zero attached hydrogens (tertiary/aromatic N) is 2. The fraction of sp³-hybridized carbons (Fsp3) is 0.0476. The van der Waals surface area contributed by atoms with Gasteiger partial charge in [-0.25, -0.2) is 8.42 Å². The number of rotatable bonds is 5. The molecule has 2 heterocycles. The van der Waals surface area contributed by atoms with Crippen molar-refractivity contribution in [2.24, 2.45) is 0 Å². The van der Waals surface area contributed by atoms with Crippen LogP contribution in [0.2, 0.25) is 0 Å². The average molecular weight is 404 g/mol. The number of hydrogen-bond acceptors (Lipinski definition) is 4. The van der Waals surface area contributed by atoms with E-state index in [1.807, 2.05) is 24.4 Å². The van der Waals surface area contributed by atoms with E-state index in [4.69, 9.17) is 0 Å². The molecule has 0 saturated heterocycles. The summed E-state index contributed by atoms with van der Waals surface area (Å²) in [4.78, 5) is 12.2. The van der Waals surface area contributed by atoms with E-state index in [1.54, 1.807) is 47.3 Å². The maximum atomic E-state index is 13.3. The summed E-state index contributed by atoms with van der Waals surface area (Å²) in [6.45, 7) is 0.438. The second-order valence-electron chi connectivity index (χ2n) is 6.76. The van der Waals surface area contributed by atoms with Crippen molar-refractivity contribution in [3.05, 3.63) is 84.2 Å². The Morgan fingerprint density at radius 3 is 2.69 bits per heavy atom. The summed E-state index contributed by atoms with van der Waals surface area (Å²) < 4.78 is 30.9. The van der Waals surface area contributed by atoms with Crippen molar-refractivity contribution in [1.82, 2.24) is 9.78 Å². The number of nitrogens with one attached hydrogen (secondary N) is 2. The lowest BCUT2D eigenvalue weighted by molar-refractivity contribution is 0.103. The van der Waals surface area contributed by atoms with Crippen molar-refractivity contribution >= 4 is 38.1 Å². The molecule has 0 atom stereocenters. The van der Waals surface area contributed by atoms with Crippen molar-refractivity contribution in [3.8, 4) is 0 Å². The number of sulfonamides is 1. The molecular weight excluding hydrogens is 388 g/mol. The molecule has 29 heavy (non-hydrogen) atoms. The Hall–Kier alpha value is -3.65. The fourth-order valence-corrected chi connectivity index (χ4v) is 4.93. The SMILES string of the molecule is O=C1Nc2ccc(S(=O)(=O)Nc3ccccc3Cn3cccn3)c3cccc1c23. The Labute approximate surface area is 167 Å². The highest BCUT2D eigenvalue weighted by Crippen LogP contribution is 2.37. The third-order valence-electron chi connectivity index (χ3n) is 4.94. The van der Waals surface area contributed by atoms with Gasteiger partial charge in [0.2, 0.25) is 0 Å². The lowest BCUT2D eigenvalue weighted by atomic mass is 10.1. The van der Waals surface area contributed by atoms with E-state index in [2.05, 4.69) is 15.1 Å². The van der Waals surface area contributed by atoms with Crippen LogP contribution < -0.4 is 10.0 Å². The predicted octanol–water partition coefficient (Wildman–Crippen LogP) is 3.45. The zero-order valence-corrected chi connectivity index (χ0v) is 16.0. The molecule has 144 valence electrons. The van der Waals surface area contributed by atoms with Crippen LogP contribution in [0, 0.1) is 0 Å². The molecule has 1 amide bonds. The average Bonchev–Trinajstić information content (AvgIpc) is 3.33. The predicted molar refractivity (Wildman–Crippen MR) is 110 cm³/mol. The van der Waals surface area contributed by atoms with Crippen molar-refractivity contribution in [1.29, 1.82) is 0 Å². The first kappa shape index (κ1) is 17.4. The van der Waals surface area contributed by atoms with Crippen molar-refractivity contribution in [2.75, 3.05) is 10.0 Å². The zero-order chi connectivity index (χ0) is 20.0. The van der Waals surface area contributed by atoms with E-state index in [0.29, 0.717) is 34.3 Å². The Bertz CT molecular complexity index is 1360. The Balaban J connectivity index is 1.57. The summed E-state index contributed by atoms with van der Waals surface area (Å²) in [5.74, 6) is -0.224. The maximum absolute atomic E-state index is 13.3. The van der Waals surface area contributed by atoms with Gasteiger partial charge in [0, 0.05) is 34.4 Å². The lowest BCUT2D eigenvalue weighted by Gasteiger charge is -2.14. The molecule has 0 fully saturated rings. The Morgan fingerprint density at radius 2 is 1.86 bits per heavy atom. The minimum atomic E-state index is -3.88. The van der Waals surface area contributed by atoms with Gasteiger partial charge < -0.3 is 5.32 Å². The third kappa shape index (κ3) is 2.94. The number of anilines is 2. The standard InChI is InChI=1S/C21H16N4O3S/c26-21-16-7-3-6-15-19(10-9-18(23-21)20(15)16)29(27,28)24-17-8-2-1-5-14(17)13-25-12-4-11-22-25/h1-12,24H,13H2,(H,23,26). The van der Waals surface area contributed by atoms with E-state index in [0.717, 1.165) is 5.56 Å². The van der Waals surface area contributed by atoms with Crippen molar-refractivity contribution in [3.63, 3.8) is 0 Å². The molecule has 0 radical (unpaired) electrons. The van der Waals surface area contributed by atoms with Gasteiger partial charge in [0.15, 0.2) is 0 Å². The molecule has 0 spiro atoms. The molecule has 1 aliphatic heterocycles. The summed E-state index contributed by atoms with van der Waals surface area (Å²) in [6, 6.07) is 17.3. The fourth-order valence-electron chi connectivity index (χ4n) is 3.62. The number of para-hydroxylation sites is 1. The number of hydrogen-bond donors (Lipinski definition) is 2. The van der Waals surface area contributed by atoms with E-state index in [1.165, 1.54) is 6.07 Å². The van der Waals surface area contributed by atoms with Crippen LogP contribution in [0.4, 0.5) is 11.4 Å². The van der Waals surface area contributed by atoms with Gasteiger partial charge in [0.1, 0.15) is 0 Å². The van der Waals surface area contributed by atoms with Gasteiger partial charge in [-0.15, -0.1) is 0 Å². The quantitative estimate of drug-likeness (QED) is 0.533. The third-order valence-corrected chi connectivity index (χ3v) is 6.36. The highest BCUT2D eigenvalue weighted by Gasteiger charge is 2.26. The molecule has 0 aliphatic carbocycles. The molecule has 1 aromatic heterocycles. The Kier molecular flexibility index (Phi) is 3.88. The molecule has 0 saturated carbocycles. The topological polar surface area (TPSA) is 93.1 Å². The second kappa shape index (κ2) is 6.46. The minimum Gasteiger partial charge on any atom is -0.321 e. The van der Waals surface area contributed by atoms with Crippen LogP contribution in [-0.2, 0) is 16.6 Å². The number of carbonyl (C=O) groups is 1. The summed E-state index contributed by atoms with van der Waals surface area (Å²) >= 11 is 0. The van der Waals surface area contributed by atoms with E-state index in [9.17, 15) is 13.2 Å². The van der Waals surface area contributed by atoms with Gasteiger partial charge in [-0.05, 0) is 35.9 Å². The zero-order valence-electron chi connectivity index (χ0n) is 15.2. The van der Waals surface area contributed by atoms with Crippen LogP contribution >= 0.6 is 0 Å². The molecule has 2 N–H and O–H groups in total. The first-order valence-corrected chi connectivity index (χ1v) is 10.5. The van der Waals surface area contributed by atoms with Gasteiger partial charge >= 0.3 is 0 Å². The summed E-state index contributed by atoms with van der Waals surface area (Å²) in [6.07, 6.45) is 3.49. The Morgan fingerprint density at radius 1 is 1.00 bits per heavy atom. The van der Waals surface area contributed by atoms with Crippen LogP contribution in [0.25, 0.3) is 10.8 Å². The minimum absolute atomic E-state index is 0.128. The number of aromatic nitrogens is 2. The van der Waals surface area contributed by atoms with E-state index < -0.39 is 10.0 Å². The highest BCUT2D eigenvalue weighted by molar-refractivity contribution is 7.93. The maximum Gasteiger partial charge on any atom is 0.262 e. The highest BCUT2D eigenvalue weighted by atomic mass is 32.2.